The SMILES string of the molecule is CC/C=C\C/C=C\C/C=C\CCCCCCCCOS(C)(=O)=O. The first kappa shape index (κ1) is 22.1. The fraction of sp³-hybridized carbons (Fsp3) is 0.684. The third kappa shape index (κ3) is 21.1. The van der Waals surface area contributed by atoms with Crippen molar-refractivity contribution in [2.75, 3.05) is 12.9 Å². The van der Waals surface area contributed by atoms with Gasteiger partial charge in [-0.2, -0.15) is 8.42 Å². The van der Waals surface area contributed by atoms with E-state index in [9.17, 15) is 8.42 Å². The second kappa shape index (κ2) is 16.0. The van der Waals surface area contributed by atoms with E-state index in [0.717, 1.165) is 51.2 Å². The molecule has 0 N–H and O–H groups in total. The largest absolute Gasteiger partial charge is 0.270 e. The van der Waals surface area contributed by atoms with E-state index < -0.39 is 10.1 Å². The van der Waals surface area contributed by atoms with E-state index in [0.29, 0.717) is 6.61 Å². The molecule has 0 spiro atoms. The predicted molar refractivity (Wildman–Crippen MR) is 100 cm³/mol. The van der Waals surface area contributed by atoms with Gasteiger partial charge in [-0.3, -0.25) is 4.18 Å². The van der Waals surface area contributed by atoms with Gasteiger partial charge in [0.05, 0.1) is 12.9 Å². The first-order chi connectivity index (χ1) is 11.1. The van der Waals surface area contributed by atoms with E-state index in [1.54, 1.807) is 0 Å². The van der Waals surface area contributed by atoms with Crippen molar-refractivity contribution in [2.24, 2.45) is 0 Å². The highest BCUT2D eigenvalue weighted by Crippen LogP contribution is 2.08. The van der Waals surface area contributed by atoms with Gasteiger partial charge in [0.15, 0.2) is 0 Å². The maximum absolute atomic E-state index is 10.8. The molecule has 0 bridgehead atoms. The molecule has 0 heterocycles. The van der Waals surface area contributed by atoms with Crippen molar-refractivity contribution in [2.45, 2.75) is 71.1 Å². The Morgan fingerprint density at radius 1 is 0.739 bits per heavy atom. The van der Waals surface area contributed by atoms with Crippen molar-refractivity contribution in [1.29, 1.82) is 0 Å². The molecule has 0 amide bonds. The molecule has 0 aromatic heterocycles. The monoisotopic (exact) mass is 342 g/mol. The van der Waals surface area contributed by atoms with Crippen LogP contribution in [0.3, 0.4) is 0 Å². The molecule has 0 saturated carbocycles. The molecule has 4 heteroatoms. The van der Waals surface area contributed by atoms with Crippen molar-refractivity contribution >= 4 is 10.1 Å². The Morgan fingerprint density at radius 3 is 1.87 bits per heavy atom. The van der Waals surface area contributed by atoms with Crippen LogP contribution in [-0.4, -0.2) is 21.3 Å². The van der Waals surface area contributed by atoms with Gasteiger partial charge in [-0.05, 0) is 38.5 Å². The van der Waals surface area contributed by atoms with E-state index in [1.165, 1.54) is 19.3 Å². The zero-order chi connectivity index (χ0) is 17.2. The lowest BCUT2D eigenvalue weighted by atomic mass is 10.1. The van der Waals surface area contributed by atoms with Gasteiger partial charge >= 0.3 is 0 Å². The van der Waals surface area contributed by atoms with Crippen LogP contribution in [0, 0.1) is 0 Å². The second-order valence-electron chi connectivity index (χ2n) is 5.73. The maximum Gasteiger partial charge on any atom is 0.264 e. The summed E-state index contributed by atoms with van der Waals surface area (Å²) in [7, 11) is -3.26. The lowest BCUT2D eigenvalue weighted by molar-refractivity contribution is 0.309. The van der Waals surface area contributed by atoms with Crippen LogP contribution in [-0.2, 0) is 14.3 Å². The minimum Gasteiger partial charge on any atom is -0.270 e. The van der Waals surface area contributed by atoms with Gasteiger partial charge in [-0.1, -0.05) is 69.1 Å². The topological polar surface area (TPSA) is 43.4 Å². The summed E-state index contributed by atoms with van der Waals surface area (Å²) in [6.45, 7) is 2.47. The molecule has 0 atom stereocenters. The number of hydrogen-bond donors (Lipinski definition) is 0. The molecule has 0 aromatic carbocycles. The van der Waals surface area contributed by atoms with Crippen LogP contribution in [0.25, 0.3) is 0 Å². The molecular weight excluding hydrogens is 308 g/mol. The minimum absolute atomic E-state index is 0.323. The Labute approximate surface area is 143 Å². The number of hydrogen-bond acceptors (Lipinski definition) is 3. The minimum atomic E-state index is -3.26. The summed E-state index contributed by atoms with van der Waals surface area (Å²) >= 11 is 0. The fourth-order valence-corrected chi connectivity index (χ4v) is 2.53. The van der Waals surface area contributed by atoms with Crippen LogP contribution in [0.2, 0.25) is 0 Å². The van der Waals surface area contributed by atoms with Crippen molar-refractivity contribution in [1.82, 2.24) is 0 Å². The highest BCUT2D eigenvalue weighted by molar-refractivity contribution is 7.85. The maximum atomic E-state index is 10.8. The number of unbranched alkanes of at least 4 members (excludes halogenated alkanes) is 6. The fourth-order valence-electron chi connectivity index (χ4n) is 2.11. The predicted octanol–water partition coefficient (Wildman–Crippen LogP) is 5.55. The van der Waals surface area contributed by atoms with Gasteiger partial charge in [0.2, 0.25) is 0 Å². The highest BCUT2D eigenvalue weighted by Gasteiger charge is 1.99. The second-order valence-corrected chi connectivity index (χ2v) is 7.37. The van der Waals surface area contributed by atoms with Gasteiger partial charge in [-0.25, -0.2) is 0 Å². The van der Waals surface area contributed by atoms with Gasteiger partial charge in [0.1, 0.15) is 0 Å². The van der Waals surface area contributed by atoms with Crippen molar-refractivity contribution in [3.8, 4) is 0 Å². The summed E-state index contributed by atoms with van der Waals surface area (Å²) in [5.74, 6) is 0. The lowest BCUT2D eigenvalue weighted by Crippen LogP contribution is -2.03. The van der Waals surface area contributed by atoms with E-state index >= 15 is 0 Å². The van der Waals surface area contributed by atoms with Crippen LogP contribution in [0.1, 0.15) is 71.1 Å². The van der Waals surface area contributed by atoms with Gasteiger partial charge in [0.25, 0.3) is 10.1 Å². The average Bonchev–Trinajstić information content (AvgIpc) is 2.49. The normalized spacial score (nSPS) is 13.0. The smallest absolute Gasteiger partial charge is 0.264 e. The summed E-state index contributed by atoms with van der Waals surface area (Å²) in [5.41, 5.74) is 0. The van der Waals surface area contributed by atoms with Crippen LogP contribution < -0.4 is 0 Å². The summed E-state index contributed by atoms with van der Waals surface area (Å²) in [6.07, 6.45) is 25.5. The molecule has 0 aromatic rings. The van der Waals surface area contributed by atoms with E-state index in [-0.39, 0.29) is 0 Å². The molecule has 3 nitrogen and oxygen atoms in total. The molecule has 0 fully saturated rings. The van der Waals surface area contributed by atoms with Crippen LogP contribution >= 0.6 is 0 Å². The van der Waals surface area contributed by atoms with Gasteiger partial charge < -0.3 is 0 Å². The first-order valence-corrected chi connectivity index (χ1v) is 10.7. The quantitative estimate of drug-likeness (QED) is 0.222. The van der Waals surface area contributed by atoms with E-state index in [4.69, 9.17) is 4.18 Å². The Kier molecular flexibility index (Phi) is 15.4. The highest BCUT2D eigenvalue weighted by atomic mass is 32.2. The number of rotatable bonds is 15. The third-order valence-corrected chi connectivity index (χ3v) is 3.94. The Morgan fingerprint density at radius 2 is 1.26 bits per heavy atom. The molecule has 0 rings (SSSR count). The third-order valence-electron chi connectivity index (χ3n) is 3.34. The molecule has 0 unspecified atom stereocenters. The standard InChI is InChI=1S/C19H34O3S/c1-3-4-5-6-7-8-9-10-11-12-13-14-15-16-17-18-19-22-23(2,20)21/h4-5,7-8,10-11H,3,6,9,12-19H2,1-2H3/b5-4-,8-7-,11-10-. The van der Waals surface area contributed by atoms with Crippen LogP contribution in [0.15, 0.2) is 36.5 Å². The van der Waals surface area contributed by atoms with Crippen molar-refractivity contribution in [3.63, 3.8) is 0 Å². The van der Waals surface area contributed by atoms with E-state index in [2.05, 4.69) is 43.4 Å². The molecular formula is C19H34O3S. The van der Waals surface area contributed by atoms with Gasteiger partial charge in [-0.15, -0.1) is 0 Å². The molecule has 23 heavy (non-hydrogen) atoms. The summed E-state index contributed by atoms with van der Waals surface area (Å²) in [6, 6.07) is 0. The Balaban J connectivity index is 3.26. The number of allylic oxidation sites excluding steroid dienone is 6. The van der Waals surface area contributed by atoms with Crippen LogP contribution in [0.4, 0.5) is 0 Å². The summed E-state index contributed by atoms with van der Waals surface area (Å²) < 4.78 is 26.2. The Hall–Kier alpha value is -0.870. The summed E-state index contributed by atoms with van der Waals surface area (Å²) in [5, 5.41) is 0. The summed E-state index contributed by atoms with van der Waals surface area (Å²) in [4.78, 5) is 0. The molecule has 0 aliphatic rings. The van der Waals surface area contributed by atoms with Crippen molar-refractivity contribution < 1.29 is 12.6 Å². The van der Waals surface area contributed by atoms with Gasteiger partial charge in [0, 0.05) is 0 Å². The van der Waals surface area contributed by atoms with E-state index in [1.807, 2.05) is 0 Å². The van der Waals surface area contributed by atoms with Crippen molar-refractivity contribution in [3.05, 3.63) is 36.5 Å². The first-order valence-electron chi connectivity index (χ1n) is 8.85. The molecule has 134 valence electrons. The zero-order valence-electron chi connectivity index (χ0n) is 14.9. The van der Waals surface area contributed by atoms with Crippen LogP contribution in [0.5, 0.6) is 0 Å². The lowest BCUT2D eigenvalue weighted by Gasteiger charge is -2.01. The molecule has 0 saturated heterocycles. The molecule has 0 aliphatic heterocycles. The average molecular weight is 343 g/mol. The Bertz CT molecular complexity index is 434. The molecule has 0 aliphatic carbocycles. The zero-order valence-corrected chi connectivity index (χ0v) is 15.7. The molecule has 0 radical (unpaired) electrons.